The van der Waals surface area contributed by atoms with E-state index < -0.39 is 0 Å². The van der Waals surface area contributed by atoms with Gasteiger partial charge >= 0.3 is 0 Å². The van der Waals surface area contributed by atoms with Gasteiger partial charge in [0.2, 0.25) is 0 Å². The maximum Gasteiger partial charge on any atom is 0.252 e. The van der Waals surface area contributed by atoms with E-state index >= 15 is 0 Å². The Morgan fingerprint density at radius 2 is 1.82 bits per heavy atom. The number of ether oxygens (including phenoxy) is 2. The second kappa shape index (κ2) is 11.5. The molecule has 176 valence electrons. The first-order valence-corrected chi connectivity index (χ1v) is 12.1. The van der Waals surface area contributed by atoms with Gasteiger partial charge in [-0.05, 0) is 55.4 Å². The number of anilines is 1. The number of aromatic nitrogens is 1. The number of hydrogen-bond acceptors (Lipinski definition) is 6. The maximum atomic E-state index is 13.3. The van der Waals surface area contributed by atoms with Gasteiger partial charge in [-0.25, -0.2) is 4.98 Å². The molecule has 0 saturated carbocycles. The molecule has 1 amide bonds. The molecule has 0 aliphatic rings. The van der Waals surface area contributed by atoms with Crippen molar-refractivity contribution < 1.29 is 14.3 Å². The first-order chi connectivity index (χ1) is 15.9. The van der Waals surface area contributed by atoms with Crippen LogP contribution in [-0.4, -0.2) is 56.2 Å². The molecule has 8 heteroatoms. The highest BCUT2D eigenvalue weighted by molar-refractivity contribution is 7.23. The Balaban J connectivity index is 1.92. The summed E-state index contributed by atoms with van der Waals surface area (Å²) in [5.74, 6) is 1.12. The number of carbonyl (C=O) groups is 1. The molecular weight excluding hydrogens is 458 g/mol. The van der Waals surface area contributed by atoms with Crippen LogP contribution in [0.25, 0.3) is 16.3 Å². The number of aryl methyl sites for hydroxylation is 1. The molecule has 0 radical (unpaired) electrons. The SMILES string of the molecule is CCN(CC)CCN(C(=O)/C=C/c1ccc(OC)c(OC)c1)c1nc2c(C)ccc(Cl)c2s1. The Hall–Kier alpha value is -2.61. The fourth-order valence-electron chi connectivity index (χ4n) is 3.50. The summed E-state index contributed by atoms with van der Waals surface area (Å²) in [5, 5.41) is 1.30. The zero-order valence-electron chi connectivity index (χ0n) is 19.7. The number of likely N-dealkylation sites (N-methyl/N-ethyl adjacent to an activating group) is 1. The van der Waals surface area contributed by atoms with E-state index in [0.29, 0.717) is 28.2 Å². The predicted octanol–water partition coefficient (Wildman–Crippen LogP) is 5.66. The molecular formula is C25H30ClN3O3S. The van der Waals surface area contributed by atoms with Crippen LogP contribution in [0.1, 0.15) is 25.0 Å². The van der Waals surface area contributed by atoms with E-state index in [1.54, 1.807) is 31.3 Å². The molecule has 6 nitrogen and oxygen atoms in total. The molecule has 0 saturated heterocycles. The quantitative estimate of drug-likeness (QED) is 0.345. The van der Waals surface area contributed by atoms with E-state index in [4.69, 9.17) is 26.1 Å². The van der Waals surface area contributed by atoms with E-state index in [9.17, 15) is 4.79 Å². The highest BCUT2D eigenvalue weighted by atomic mass is 35.5. The molecule has 0 aliphatic heterocycles. The normalized spacial score (nSPS) is 11.5. The summed E-state index contributed by atoms with van der Waals surface area (Å²) in [6, 6.07) is 9.36. The van der Waals surface area contributed by atoms with E-state index in [1.165, 1.54) is 11.3 Å². The van der Waals surface area contributed by atoms with Crippen molar-refractivity contribution in [2.45, 2.75) is 20.8 Å². The van der Waals surface area contributed by atoms with Crippen LogP contribution in [0.5, 0.6) is 11.5 Å². The zero-order chi connectivity index (χ0) is 24.0. The van der Waals surface area contributed by atoms with Crippen LogP contribution in [0.15, 0.2) is 36.4 Å². The van der Waals surface area contributed by atoms with E-state index in [0.717, 1.165) is 41.0 Å². The maximum absolute atomic E-state index is 13.3. The van der Waals surface area contributed by atoms with Gasteiger partial charge in [0.05, 0.1) is 29.5 Å². The molecule has 0 spiro atoms. The molecule has 3 rings (SSSR count). The van der Waals surface area contributed by atoms with Gasteiger partial charge in [-0.1, -0.05) is 48.9 Å². The lowest BCUT2D eigenvalue weighted by molar-refractivity contribution is -0.114. The molecule has 0 bridgehead atoms. The molecule has 0 atom stereocenters. The summed E-state index contributed by atoms with van der Waals surface area (Å²) in [4.78, 5) is 22.1. The molecule has 0 fully saturated rings. The lowest BCUT2D eigenvalue weighted by atomic mass is 10.2. The number of hydrogen-bond donors (Lipinski definition) is 0. The number of fused-ring (bicyclic) bond motifs is 1. The number of benzene rings is 2. The molecule has 0 unspecified atom stereocenters. The van der Waals surface area contributed by atoms with Gasteiger partial charge < -0.3 is 14.4 Å². The van der Waals surface area contributed by atoms with Crippen molar-refractivity contribution in [1.82, 2.24) is 9.88 Å². The summed E-state index contributed by atoms with van der Waals surface area (Å²) in [5.41, 5.74) is 2.72. The number of carbonyl (C=O) groups excluding carboxylic acids is 1. The summed E-state index contributed by atoms with van der Waals surface area (Å²) >= 11 is 7.86. The highest BCUT2D eigenvalue weighted by Gasteiger charge is 2.20. The lowest BCUT2D eigenvalue weighted by Crippen LogP contribution is -2.38. The summed E-state index contributed by atoms with van der Waals surface area (Å²) in [6.07, 6.45) is 3.35. The predicted molar refractivity (Wildman–Crippen MR) is 138 cm³/mol. The number of nitrogens with zero attached hydrogens (tertiary/aromatic N) is 3. The molecule has 0 aliphatic carbocycles. The smallest absolute Gasteiger partial charge is 0.252 e. The van der Waals surface area contributed by atoms with Crippen LogP contribution in [-0.2, 0) is 4.79 Å². The second-order valence-electron chi connectivity index (χ2n) is 7.50. The first-order valence-electron chi connectivity index (χ1n) is 10.9. The Bertz CT molecular complexity index is 1100. The van der Waals surface area contributed by atoms with Gasteiger partial charge in [0.25, 0.3) is 5.91 Å². The van der Waals surface area contributed by atoms with Crippen molar-refractivity contribution in [2.24, 2.45) is 0 Å². The minimum absolute atomic E-state index is 0.134. The molecule has 3 aromatic rings. The fraction of sp³-hybridized carbons (Fsp3) is 0.360. The van der Waals surface area contributed by atoms with Crippen LogP contribution < -0.4 is 14.4 Å². The zero-order valence-corrected chi connectivity index (χ0v) is 21.3. The van der Waals surface area contributed by atoms with Gasteiger partial charge in [-0.15, -0.1) is 0 Å². The number of amides is 1. The van der Waals surface area contributed by atoms with E-state index in [-0.39, 0.29) is 5.91 Å². The largest absolute Gasteiger partial charge is 0.493 e. The number of thiazole rings is 1. The Morgan fingerprint density at radius 3 is 2.45 bits per heavy atom. The van der Waals surface area contributed by atoms with E-state index in [2.05, 4.69) is 18.7 Å². The van der Waals surface area contributed by atoms with Gasteiger partial charge in [-0.3, -0.25) is 9.69 Å². The van der Waals surface area contributed by atoms with Crippen molar-refractivity contribution in [3.05, 3.63) is 52.6 Å². The van der Waals surface area contributed by atoms with Crippen molar-refractivity contribution >= 4 is 50.3 Å². The summed E-state index contributed by atoms with van der Waals surface area (Å²) < 4.78 is 11.6. The van der Waals surface area contributed by atoms with Crippen molar-refractivity contribution in [2.75, 3.05) is 45.3 Å². The standard InChI is InChI=1S/C25H30ClN3O3S/c1-6-28(7-2)14-15-29(25-27-23-17(3)8-11-19(26)24(23)33-25)22(30)13-10-18-9-12-20(31-4)21(16-18)32-5/h8-13,16H,6-7,14-15H2,1-5H3/b13-10+. The average Bonchev–Trinajstić information content (AvgIpc) is 3.29. The lowest BCUT2D eigenvalue weighted by Gasteiger charge is -2.23. The molecule has 33 heavy (non-hydrogen) atoms. The fourth-order valence-corrected chi connectivity index (χ4v) is 4.85. The van der Waals surface area contributed by atoms with Gasteiger partial charge in [-0.2, -0.15) is 0 Å². The Morgan fingerprint density at radius 1 is 1.09 bits per heavy atom. The minimum atomic E-state index is -0.134. The third-order valence-corrected chi connectivity index (χ3v) is 7.08. The van der Waals surface area contributed by atoms with Crippen molar-refractivity contribution in [1.29, 1.82) is 0 Å². The van der Waals surface area contributed by atoms with Crippen LogP contribution >= 0.6 is 22.9 Å². The number of methoxy groups -OCH3 is 2. The molecule has 1 aromatic heterocycles. The highest BCUT2D eigenvalue weighted by Crippen LogP contribution is 2.36. The molecule has 2 aromatic carbocycles. The molecule has 0 N–H and O–H groups in total. The van der Waals surface area contributed by atoms with Crippen LogP contribution in [0.2, 0.25) is 5.02 Å². The first kappa shape index (κ1) is 25.0. The minimum Gasteiger partial charge on any atom is -0.493 e. The molecule has 1 heterocycles. The van der Waals surface area contributed by atoms with Crippen LogP contribution in [0.3, 0.4) is 0 Å². The van der Waals surface area contributed by atoms with E-state index in [1.807, 2.05) is 37.3 Å². The van der Waals surface area contributed by atoms with Gasteiger partial charge in [0, 0.05) is 19.2 Å². The average molecular weight is 488 g/mol. The van der Waals surface area contributed by atoms with Crippen LogP contribution in [0.4, 0.5) is 5.13 Å². The summed E-state index contributed by atoms with van der Waals surface area (Å²) in [6.45, 7) is 9.37. The third kappa shape index (κ3) is 5.85. The Kier molecular flexibility index (Phi) is 8.72. The second-order valence-corrected chi connectivity index (χ2v) is 8.89. The van der Waals surface area contributed by atoms with Gasteiger partial charge in [0.1, 0.15) is 0 Å². The third-order valence-electron chi connectivity index (χ3n) is 5.54. The number of rotatable bonds is 10. The Labute approximate surface area is 204 Å². The monoisotopic (exact) mass is 487 g/mol. The van der Waals surface area contributed by atoms with Crippen molar-refractivity contribution in [3.63, 3.8) is 0 Å². The summed E-state index contributed by atoms with van der Waals surface area (Å²) in [7, 11) is 3.18. The van der Waals surface area contributed by atoms with Crippen LogP contribution in [0, 0.1) is 6.92 Å². The van der Waals surface area contributed by atoms with Crippen molar-refractivity contribution in [3.8, 4) is 11.5 Å². The number of halogens is 1. The topological polar surface area (TPSA) is 54.9 Å². The van der Waals surface area contributed by atoms with Gasteiger partial charge in [0.15, 0.2) is 16.6 Å².